The SMILES string of the molecule is CC1=NNC(=O)[C@@H]1CCC(=O)N/N=C\c1ccc(Cl)cc1. The van der Waals surface area contributed by atoms with E-state index >= 15 is 0 Å². The highest BCUT2D eigenvalue weighted by atomic mass is 35.5. The zero-order valence-corrected chi connectivity index (χ0v) is 12.2. The number of carbonyl (C=O) groups is 2. The number of hydrogen-bond acceptors (Lipinski definition) is 4. The van der Waals surface area contributed by atoms with E-state index in [-0.39, 0.29) is 24.2 Å². The topological polar surface area (TPSA) is 82.9 Å². The number of amides is 2. The molecule has 2 amide bonds. The summed E-state index contributed by atoms with van der Waals surface area (Å²) in [5.41, 5.74) is 6.35. The molecule has 0 saturated heterocycles. The average molecular weight is 307 g/mol. The lowest BCUT2D eigenvalue weighted by molar-refractivity contribution is -0.123. The van der Waals surface area contributed by atoms with Crippen LogP contribution in [0.5, 0.6) is 0 Å². The number of carbonyl (C=O) groups excluding carboxylic acids is 2. The minimum Gasteiger partial charge on any atom is -0.273 e. The van der Waals surface area contributed by atoms with Crippen LogP contribution < -0.4 is 10.9 Å². The number of halogens is 1. The molecule has 1 aliphatic heterocycles. The fourth-order valence-electron chi connectivity index (χ4n) is 1.89. The summed E-state index contributed by atoms with van der Waals surface area (Å²) in [5, 5.41) is 8.33. The third kappa shape index (κ3) is 4.39. The summed E-state index contributed by atoms with van der Waals surface area (Å²) in [6.45, 7) is 1.76. The molecule has 0 unspecified atom stereocenters. The van der Waals surface area contributed by atoms with Gasteiger partial charge in [0, 0.05) is 17.2 Å². The monoisotopic (exact) mass is 306 g/mol. The van der Waals surface area contributed by atoms with E-state index in [2.05, 4.69) is 21.1 Å². The van der Waals surface area contributed by atoms with Crippen LogP contribution in [0.15, 0.2) is 34.5 Å². The maximum absolute atomic E-state index is 11.6. The van der Waals surface area contributed by atoms with Crippen molar-refractivity contribution >= 4 is 35.3 Å². The molecule has 110 valence electrons. The molecule has 1 aromatic carbocycles. The van der Waals surface area contributed by atoms with Gasteiger partial charge in [-0.15, -0.1) is 0 Å². The van der Waals surface area contributed by atoms with Crippen LogP contribution in [0.4, 0.5) is 0 Å². The molecule has 0 aromatic heterocycles. The normalized spacial score (nSPS) is 17.7. The zero-order chi connectivity index (χ0) is 15.2. The van der Waals surface area contributed by atoms with Crippen LogP contribution in [-0.2, 0) is 9.59 Å². The molecule has 7 heteroatoms. The van der Waals surface area contributed by atoms with Crippen LogP contribution in [-0.4, -0.2) is 23.7 Å². The van der Waals surface area contributed by atoms with Crippen molar-refractivity contribution in [3.8, 4) is 0 Å². The minimum absolute atomic E-state index is 0.162. The van der Waals surface area contributed by atoms with Gasteiger partial charge in [-0.25, -0.2) is 10.9 Å². The van der Waals surface area contributed by atoms with Crippen molar-refractivity contribution in [3.05, 3.63) is 34.9 Å². The third-order valence-electron chi connectivity index (χ3n) is 3.10. The Morgan fingerprint density at radius 2 is 2.19 bits per heavy atom. The molecule has 0 saturated carbocycles. The van der Waals surface area contributed by atoms with Gasteiger partial charge in [0.25, 0.3) is 0 Å². The van der Waals surface area contributed by atoms with Crippen molar-refractivity contribution in [2.24, 2.45) is 16.1 Å². The van der Waals surface area contributed by atoms with Gasteiger partial charge < -0.3 is 0 Å². The predicted octanol–water partition coefficient (Wildman–Crippen LogP) is 1.69. The van der Waals surface area contributed by atoms with Crippen molar-refractivity contribution in [3.63, 3.8) is 0 Å². The molecule has 0 fully saturated rings. The number of hydrogen-bond donors (Lipinski definition) is 2. The summed E-state index contributed by atoms with van der Waals surface area (Å²) in [5.74, 6) is -0.728. The zero-order valence-electron chi connectivity index (χ0n) is 11.5. The van der Waals surface area contributed by atoms with Crippen molar-refractivity contribution < 1.29 is 9.59 Å². The Morgan fingerprint density at radius 1 is 1.48 bits per heavy atom. The van der Waals surface area contributed by atoms with Crippen LogP contribution in [0.1, 0.15) is 25.3 Å². The lowest BCUT2D eigenvalue weighted by atomic mass is 9.99. The molecule has 0 radical (unpaired) electrons. The highest BCUT2D eigenvalue weighted by molar-refractivity contribution is 6.30. The third-order valence-corrected chi connectivity index (χ3v) is 3.35. The first kappa shape index (κ1) is 15.2. The van der Waals surface area contributed by atoms with Crippen LogP contribution in [0.25, 0.3) is 0 Å². The molecule has 0 aliphatic carbocycles. The molecular weight excluding hydrogens is 292 g/mol. The lowest BCUT2D eigenvalue weighted by Crippen LogP contribution is -2.25. The summed E-state index contributed by atoms with van der Waals surface area (Å²) in [6, 6.07) is 7.07. The minimum atomic E-state index is -0.323. The van der Waals surface area contributed by atoms with Gasteiger partial charge in [0.2, 0.25) is 11.8 Å². The highest BCUT2D eigenvalue weighted by Crippen LogP contribution is 2.13. The maximum Gasteiger partial charge on any atom is 0.248 e. The largest absolute Gasteiger partial charge is 0.273 e. The van der Waals surface area contributed by atoms with E-state index in [1.54, 1.807) is 31.2 Å². The fraction of sp³-hybridized carbons (Fsp3) is 0.286. The number of nitrogens with zero attached hydrogens (tertiary/aromatic N) is 2. The lowest BCUT2D eigenvalue weighted by Gasteiger charge is -2.06. The molecule has 1 aliphatic rings. The Kier molecular flexibility index (Phi) is 5.05. The average Bonchev–Trinajstić information content (AvgIpc) is 2.78. The van der Waals surface area contributed by atoms with Gasteiger partial charge in [0.05, 0.1) is 12.1 Å². The second-order valence-electron chi connectivity index (χ2n) is 4.67. The van der Waals surface area contributed by atoms with Gasteiger partial charge in [-0.05, 0) is 31.0 Å². The molecule has 2 N–H and O–H groups in total. The van der Waals surface area contributed by atoms with Crippen molar-refractivity contribution in [1.29, 1.82) is 0 Å². The van der Waals surface area contributed by atoms with Crippen LogP contribution in [0, 0.1) is 5.92 Å². The van der Waals surface area contributed by atoms with E-state index in [0.29, 0.717) is 17.2 Å². The van der Waals surface area contributed by atoms with Gasteiger partial charge in [-0.3, -0.25) is 9.59 Å². The first-order valence-electron chi connectivity index (χ1n) is 6.48. The molecule has 1 heterocycles. The first-order valence-corrected chi connectivity index (χ1v) is 6.85. The van der Waals surface area contributed by atoms with E-state index < -0.39 is 0 Å². The summed E-state index contributed by atoms with van der Waals surface area (Å²) < 4.78 is 0. The molecule has 0 spiro atoms. The van der Waals surface area contributed by atoms with Crippen molar-refractivity contribution in [2.75, 3.05) is 0 Å². The van der Waals surface area contributed by atoms with Gasteiger partial charge >= 0.3 is 0 Å². The molecule has 21 heavy (non-hydrogen) atoms. The summed E-state index contributed by atoms with van der Waals surface area (Å²) in [7, 11) is 0. The molecule has 6 nitrogen and oxygen atoms in total. The second-order valence-corrected chi connectivity index (χ2v) is 5.10. The Morgan fingerprint density at radius 3 is 2.81 bits per heavy atom. The second kappa shape index (κ2) is 6.99. The molecule has 1 aromatic rings. The van der Waals surface area contributed by atoms with Gasteiger partial charge in [0.1, 0.15) is 0 Å². The molecule has 0 bridgehead atoms. The van der Waals surface area contributed by atoms with E-state index in [0.717, 1.165) is 5.56 Å². The number of hydrazone groups is 2. The Labute approximate surface area is 127 Å². The summed E-state index contributed by atoms with van der Waals surface area (Å²) in [4.78, 5) is 23.1. The van der Waals surface area contributed by atoms with Gasteiger partial charge in [-0.1, -0.05) is 23.7 Å². The van der Waals surface area contributed by atoms with E-state index in [4.69, 9.17) is 11.6 Å². The van der Waals surface area contributed by atoms with Crippen molar-refractivity contribution in [2.45, 2.75) is 19.8 Å². The smallest absolute Gasteiger partial charge is 0.248 e. The summed E-state index contributed by atoms with van der Waals surface area (Å²) in [6.07, 6.45) is 2.16. The molecular formula is C14H15ClN4O2. The van der Waals surface area contributed by atoms with E-state index in [1.807, 2.05) is 0 Å². The maximum atomic E-state index is 11.6. The molecule has 1 atom stereocenters. The van der Waals surface area contributed by atoms with Crippen molar-refractivity contribution in [1.82, 2.24) is 10.9 Å². The predicted molar refractivity (Wildman–Crippen MR) is 81.2 cm³/mol. The Bertz CT molecular complexity index is 595. The number of nitrogens with one attached hydrogen (secondary N) is 2. The highest BCUT2D eigenvalue weighted by Gasteiger charge is 2.26. The van der Waals surface area contributed by atoms with Crippen LogP contribution in [0.2, 0.25) is 5.02 Å². The van der Waals surface area contributed by atoms with Crippen LogP contribution >= 0.6 is 11.6 Å². The first-order chi connectivity index (χ1) is 10.1. The number of benzene rings is 1. The Balaban J connectivity index is 1.76. The quantitative estimate of drug-likeness (QED) is 0.641. The van der Waals surface area contributed by atoms with E-state index in [9.17, 15) is 9.59 Å². The Hall–Kier alpha value is -2.21. The standard InChI is InChI=1S/C14H15ClN4O2/c1-9-12(14(21)19-17-9)6-7-13(20)18-16-8-10-2-4-11(15)5-3-10/h2-5,8,12H,6-7H2,1H3,(H,18,20)(H,19,21)/b16-8-/t12-/m1/s1. The van der Waals surface area contributed by atoms with Gasteiger partial charge in [0.15, 0.2) is 0 Å². The summed E-state index contributed by atoms with van der Waals surface area (Å²) >= 11 is 5.77. The molecule has 2 rings (SSSR count). The van der Waals surface area contributed by atoms with Crippen LogP contribution in [0.3, 0.4) is 0 Å². The number of rotatable bonds is 5. The van der Waals surface area contributed by atoms with Gasteiger partial charge in [-0.2, -0.15) is 10.2 Å². The fourth-order valence-corrected chi connectivity index (χ4v) is 2.01. The van der Waals surface area contributed by atoms with E-state index in [1.165, 1.54) is 6.21 Å².